The molecule has 4 N–H and O–H groups in total. The Balaban J connectivity index is 2.12. The second kappa shape index (κ2) is 14.5. The number of allylic oxidation sites excluding steroid dienone is 1. The zero-order chi connectivity index (χ0) is 21.6. The number of carbonyl (C=O) groups excluding carboxylic acids is 2. The van der Waals surface area contributed by atoms with Crippen LogP contribution in [0.3, 0.4) is 0 Å². The molecule has 0 aliphatic carbocycles. The van der Waals surface area contributed by atoms with Crippen LogP contribution in [-0.2, 0) is 14.3 Å². The molecule has 0 aromatic rings. The number of esters is 1. The van der Waals surface area contributed by atoms with Gasteiger partial charge in [-0.05, 0) is 25.7 Å². The summed E-state index contributed by atoms with van der Waals surface area (Å²) >= 11 is 0. The average Bonchev–Trinajstić information content (AvgIpc) is 2.95. The molecule has 1 aliphatic heterocycles. The summed E-state index contributed by atoms with van der Waals surface area (Å²) in [5.74, 6) is -1.18. The van der Waals surface area contributed by atoms with Crippen molar-refractivity contribution < 1.29 is 29.6 Å². The number of aliphatic hydroxyl groups excluding tert-OH is 3. The molecule has 1 aliphatic rings. The fourth-order valence-electron chi connectivity index (χ4n) is 3.53. The van der Waals surface area contributed by atoms with Gasteiger partial charge in [-0.15, -0.1) is 0 Å². The molecule has 0 saturated carbocycles. The maximum Gasteiger partial charge on any atom is 0.332 e. The van der Waals surface area contributed by atoms with Crippen molar-refractivity contribution in [1.29, 1.82) is 0 Å². The number of rotatable bonds is 15. The van der Waals surface area contributed by atoms with E-state index in [4.69, 9.17) is 4.74 Å². The van der Waals surface area contributed by atoms with E-state index in [0.717, 1.165) is 51.4 Å². The minimum Gasteiger partial charge on any atom is -0.455 e. The van der Waals surface area contributed by atoms with E-state index in [-0.39, 0.29) is 6.10 Å². The van der Waals surface area contributed by atoms with Crippen LogP contribution in [0.15, 0.2) is 12.2 Å². The van der Waals surface area contributed by atoms with Crippen molar-refractivity contribution in [3.63, 3.8) is 0 Å². The number of aliphatic hydroxyl groups is 3. The molecule has 7 heteroatoms. The Hall–Kier alpha value is -1.44. The number of amides is 1. The molecule has 0 aromatic heterocycles. The summed E-state index contributed by atoms with van der Waals surface area (Å²) in [4.78, 5) is 22.8. The van der Waals surface area contributed by atoms with Crippen molar-refractivity contribution in [1.82, 2.24) is 5.32 Å². The second-order valence-corrected chi connectivity index (χ2v) is 7.98. The fraction of sp³-hybridized carbons (Fsp3) is 0.818. The van der Waals surface area contributed by atoms with Gasteiger partial charge < -0.3 is 25.4 Å². The van der Waals surface area contributed by atoms with Crippen LogP contribution in [0, 0.1) is 0 Å². The van der Waals surface area contributed by atoms with Gasteiger partial charge in [0.1, 0.15) is 12.2 Å². The van der Waals surface area contributed by atoms with Gasteiger partial charge in [-0.1, -0.05) is 64.0 Å². The lowest BCUT2D eigenvalue weighted by Crippen LogP contribution is -2.47. The molecule has 1 saturated heterocycles. The zero-order valence-electron chi connectivity index (χ0n) is 17.9. The number of unbranched alkanes of at least 4 members (excludes halogenated alkanes) is 7. The van der Waals surface area contributed by atoms with E-state index < -0.39 is 36.2 Å². The maximum atomic E-state index is 11.7. The number of hydrogen-bond donors (Lipinski definition) is 4. The quantitative estimate of drug-likeness (QED) is 0.186. The number of carbonyl (C=O) groups is 2. The zero-order valence-corrected chi connectivity index (χ0v) is 17.9. The van der Waals surface area contributed by atoms with Gasteiger partial charge in [-0.25, -0.2) is 4.79 Å². The van der Waals surface area contributed by atoms with Crippen LogP contribution in [0.4, 0.5) is 0 Å². The summed E-state index contributed by atoms with van der Waals surface area (Å²) in [6.45, 7) is 3.43. The Bertz CT molecular complexity index is 510. The van der Waals surface area contributed by atoms with Gasteiger partial charge in [0.05, 0.1) is 6.10 Å². The molecular weight excluding hydrogens is 374 g/mol. The standard InChI is InChI=1S/C22H39NO6/c1-3-4-5-10-13-17(25)14-11-8-6-7-9-12-15-18(26)21-20(27)19(22(28)29-21)23-16(2)24/h12,15,17-21,25-27H,3-11,13-14H2,1-2H3,(H,23,24)/b15-12+. The summed E-state index contributed by atoms with van der Waals surface area (Å²) in [6.07, 6.45) is 11.1. The molecule has 5 unspecified atom stereocenters. The van der Waals surface area contributed by atoms with Crippen molar-refractivity contribution in [2.24, 2.45) is 0 Å². The van der Waals surface area contributed by atoms with E-state index in [2.05, 4.69) is 12.2 Å². The smallest absolute Gasteiger partial charge is 0.332 e. The van der Waals surface area contributed by atoms with E-state index in [1.807, 2.05) is 6.08 Å². The number of hydrogen-bond acceptors (Lipinski definition) is 6. The minimum atomic E-state index is -1.28. The Labute approximate surface area is 174 Å². The van der Waals surface area contributed by atoms with E-state index in [1.165, 1.54) is 32.3 Å². The number of nitrogens with one attached hydrogen (secondary N) is 1. The van der Waals surface area contributed by atoms with Gasteiger partial charge >= 0.3 is 5.97 Å². The summed E-state index contributed by atoms with van der Waals surface area (Å²) in [6, 6.07) is -1.14. The first-order valence-electron chi connectivity index (χ1n) is 11.0. The molecule has 5 atom stereocenters. The van der Waals surface area contributed by atoms with Crippen LogP contribution in [-0.4, -0.2) is 57.7 Å². The third-order valence-electron chi connectivity index (χ3n) is 5.26. The van der Waals surface area contributed by atoms with Crippen molar-refractivity contribution in [3.8, 4) is 0 Å². The first kappa shape index (κ1) is 25.6. The lowest BCUT2D eigenvalue weighted by atomic mass is 10.0. The summed E-state index contributed by atoms with van der Waals surface area (Å²) < 4.78 is 4.99. The Kier molecular flexibility index (Phi) is 12.8. The van der Waals surface area contributed by atoms with Crippen LogP contribution in [0.5, 0.6) is 0 Å². The van der Waals surface area contributed by atoms with Gasteiger partial charge in [0.15, 0.2) is 12.1 Å². The van der Waals surface area contributed by atoms with Crippen LogP contribution in [0.2, 0.25) is 0 Å². The lowest BCUT2D eigenvalue weighted by Gasteiger charge is -2.18. The van der Waals surface area contributed by atoms with Crippen LogP contribution in [0.25, 0.3) is 0 Å². The van der Waals surface area contributed by atoms with E-state index in [9.17, 15) is 24.9 Å². The summed E-state index contributed by atoms with van der Waals surface area (Å²) in [5.41, 5.74) is 0. The monoisotopic (exact) mass is 413 g/mol. The lowest BCUT2D eigenvalue weighted by molar-refractivity contribution is -0.146. The first-order valence-corrected chi connectivity index (χ1v) is 11.0. The number of cyclic esters (lactones) is 1. The van der Waals surface area contributed by atoms with Gasteiger partial charge in [-0.2, -0.15) is 0 Å². The van der Waals surface area contributed by atoms with E-state index in [0.29, 0.717) is 0 Å². The predicted octanol–water partition coefficient (Wildman–Crippen LogP) is 2.37. The van der Waals surface area contributed by atoms with Gasteiger partial charge in [0.2, 0.25) is 5.91 Å². The molecule has 1 fully saturated rings. The van der Waals surface area contributed by atoms with Crippen molar-refractivity contribution >= 4 is 11.9 Å². The second-order valence-electron chi connectivity index (χ2n) is 7.98. The van der Waals surface area contributed by atoms with Crippen LogP contribution < -0.4 is 5.32 Å². The summed E-state index contributed by atoms with van der Waals surface area (Å²) in [5, 5.41) is 32.5. The predicted molar refractivity (Wildman–Crippen MR) is 111 cm³/mol. The highest BCUT2D eigenvalue weighted by molar-refractivity contribution is 5.85. The molecule has 0 aromatic carbocycles. The van der Waals surface area contributed by atoms with Crippen LogP contribution in [0.1, 0.15) is 84.5 Å². The molecule has 7 nitrogen and oxygen atoms in total. The average molecular weight is 414 g/mol. The Morgan fingerprint density at radius 1 is 1.10 bits per heavy atom. The normalized spacial score (nSPS) is 23.9. The molecule has 0 radical (unpaired) electrons. The molecule has 0 spiro atoms. The molecular formula is C22H39NO6. The highest BCUT2D eigenvalue weighted by atomic mass is 16.6. The molecule has 29 heavy (non-hydrogen) atoms. The Morgan fingerprint density at radius 2 is 1.72 bits per heavy atom. The Morgan fingerprint density at radius 3 is 2.34 bits per heavy atom. The largest absolute Gasteiger partial charge is 0.455 e. The molecule has 0 bridgehead atoms. The fourth-order valence-corrected chi connectivity index (χ4v) is 3.53. The van der Waals surface area contributed by atoms with Crippen molar-refractivity contribution in [3.05, 3.63) is 12.2 Å². The molecule has 168 valence electrons. The number of ether oxygens (including phenoxy) is 1. The molecule has 1 amide bonds. The maximum absolute atomic E-state index is 11.7. The van der Waals surface area contributed by atoms with E-state index >= 15 is 0 Å². The third kappa shape index (κ3) is 10.2. The van der Waals surface area contributed by atoms with Gasteiger partial charge in [0.25, 0.3) is 0 Å². The third-order valence-corrected chi connectivity index (χ3v) is 5.26. The topological polar surface area (TPSA) is 116 Å². The molecule has 1 heterocycles. The minimum absolute atomic E-state index is 0.177. The highest BCUT2D eigenvalue weighted by Gasteiger charge is 2.46. The van der Waals surface area contributed by atoms with Gasteiger partial charge in [-0.3, -0.25) is 4.79 Å². The van der Waals surface area contributed by atoms with Crippen molar-refractivity contribution in [2.45, 2.75) is 115 Å². The first-order chi connectivity index (χ1) is 13.9. The van der Waals surface area contributed by atoms with Gasteiger partial charge in [0, 0.05) is 6.92 Å². The van der Waals surface area contributed by atoms with Crippen molar-refractivity contribution in [2.75, 3.05) is 0 Å². The van der Waals surface area contributed by atoms with E-state index in [1.54, 1.807) is 0 Å². The summed E-state index contributed by atoms with van der Waals surface area (Å²) in [7, 11) is 0. The molecule has 1 rings (SSSR count). The van der Waals surface area contributed by atoms with Crippen LogP contribution >= 0.6 is 0 Å². The SMILES string of the molecule is CCCCCCC(O)CCCCCC/C=C/C(O)C1OC(=O)C(NC(C)=O)C1O. The highest BCUT2D eigenvalue weighted by Crippen LogP contribution is 2.20.